The van der Waals surface area contributed by atoms with E-state index >= 15 is 0 Å². The minimum Gasteiger partial charge on any atom is -0.454 e. The van der Waals surface area contributed by atoms with E-state index in [9.17, 15) is 19.2 Å². The monoisotopic (exact) mass is 391 g/mol. The molecule has 28 heavy (non-hydrogen) atoms. The molecule has 3 amide bonds. The van der Waals surface area contributed by atoms with E-state index in [0.717, 1.165) is 0 Å². The Balaban J connectivity index is 1.41. The average Bonchev–Trinajstić information content (AvgIpc) is 3.18. The Morgan fingerprint density at radius 3 is 2.79 bits per heavy atom. The molecule has 1 atom stereocenters. The maximum absolute atomic E-state index is 12.1. The zero-order valence-corrected chi connectivity index (χ0v) is 15.1. The molecule has 10 heteroatoms. The lowest BCUT2D eigenvalue weighted by Crippen LogP contribution is -2.45. The summed E-state index contributed by atoms with van der Waals surface area (Å²) in [6, 6.07) is 4.66. The highest BCUT2D eigenvalue weighted by Crippen LogP contribution is 2.32. The second-order valence-electron chi connectivity index (χ2n) is 6.49. The fourth-order valence-corrected chi connectivity index (χ4v) is 3.01. The highest BCUT2D eigenvalue weighted by molar-refractivity contribution is 5.96. The second-order valence-corrected chi connectivity index (χ2v) is 6.49. The first-order valence-electron chi connectivity index (χ1n) is 8.84. The number of carbonyl (C=O) groups is 4. The Hall–Kier alpha value is -3.30. The van der Waals surface area contributed by atoms with Crippen molar-refractivity contribution in [3.8, 4) is 11.5 Å². The molecule has 10 nitrogen and oxygen atoms in total. The number of fused-ring (bicyclic) bond motifs is 1. The van der Waals surface area contributed by atoms with E-state index in [4.69, 9.17) is 19.9 Å². The number of rotatable bonds is 6. The van der Waals surface area contributed by atoms with Crippen molar-refractivity contribution < 1.29 is 33.4 Å². The van der Waals surface area contributed by atoms with E-state index in [1.807, 2.05) is 0 Å². The van der Waals surface area contributed by atoms with Crippen molar-refractivity contribution in [3.05, 3.63) is 23.8 Å². The number of likely N-dealkylation sites (tertiary alicyclic amines) is 1. The van der Waals surface area contributed by atoms with Crippen LogP contribution in [0.2, 0.25) is 0 Å². The molecular formula is C18H21N3O7. The SMILES string of the molecule is NC(=O)[C@@H]1CCCN(C(=O)COC(=O)CNC(=O)c2ccc3c(c2)OCO3)C1. The van der Waals surface area contributed by atoms with E-state index < -0.39 is 30.3 Å². The van der Waals surface area contributed by atoms with Crippen LogP contribution in [0.15, 0.2) is 18.2 Å². The average molecular weight is 391 g/mol. The van der Waals surface area contributed by atoms with Gasteiger partial charge in [0.05, 0.1) is 5.92 Å². The summed E-state index contributed by atoms with van der Waals surface area (Å²) in [6.45, 7) is -0.0276. The standard InChI is InChI=1S/C18H21N3O7/c19-17(24)12-2-1-5-21(8-12)15(22)9-26-16(23)7-20-18(25)11-3-4-13-14(6-11)28-10-27-13/h3-4,6,12H,1-2,5,7-10H2,(H2,19,24)(H,20,25)/t12-/m1/s1. The van der Waals surface area contributed by atoms with Crippen LogP contribution in [0.3, 0.4) is 0 Å². The van der Waals surface area contributed by atoms with Gasteiger partial charge < -0.3 is 30.2 Å². The maximum Gasteiger partial charge on any atom is 0.325 e. The van der Waals surface area contributed by atoms with Gasteiger partial charge in [0.25, 0.3) is 11.8 Å². The Morgan fingerprint density at radius 1 is 1.21 bits per heavy atom. The third kappa shape index (κ3) is 4.70. The number of ether oxygens (including phenoxy) is 3. The highest BCUT2D eigenvalue weighted by Gasteiger charge is 2.27. The van der Waals surface area contributed by atoms with Crippen LogP contribution in [0, 0.1) is 5.92 Å². The van der Waals surface area contributed by atoms with Gasteiger partial charge in [-0.1, -0.05) is 0 Å². The molecule has 150 valence electrons. The summed E-state index contributed by atoms with van der Waals surface area (Å²) in [4.78, 5) is 48.7. The van der Waals surface area contributed by atoms with Crippen LogP contribution in [0.5, 0.6) is 11.5 Å². The Bertz CT molecular complexity index is 795. The number of primary amides is 1. The van der Waals surface area contributed by atoms with Gasteiger partial charge in [-0.3, -0.25) is 19.2 Å². The van der Waals surface area contributed by atoms with Crippen molar-refractivity contribution in [1.82, 2.24) is 10.2 Å². The molecule has 2 aliphatic heterocycles. The largest absolute Gasteiger partial charge is 0.454 e. The molecule has 0 radical (unpaired) electrons. The van der Waals surface area contributed by atoms with Crippen LogP contribution in [0.1, 0.15) is 23.2 Å². The van der Waals surface area contributed by atoms with E-state index in [-0.39, 0.29) is 25.8 Å². The van der Waals surface area contributed by atoms with Gasteiger partial charge in [0.15, 0.2) is 18.1 Å². The van der Waals surface area contributed by atoms with Gasteiger partial charge in [0, 0.05) is 18.7 Å². The van der Waals surface area contributed by atoms with E-state index in [1.165, 1.54) is 11.0 Å². The minimum absolute atomic E-state index is 0.0952. The lowest BCUT2D eigenvalue weighted by molar-refractivity contribution is -0.152. The zero-order chi connectivity index (χ0) is 20.1. The summed E-state index contributed by atoms with van der Waals surface area (Å²) in [6.07, 6.45) is 1.31. The number of amides is 3. The van der Waals surface area contributed by atoms with Crippen LogP contribution >= 0.6 is 0 Å². The molecule has 1 fully saturated rings. The molecule has 0 bridgehead atoms. The highest BCUT2D eigenvalue weighted by atomic mass is 16.7. The van der Waals surface area contributed by atoms with Crippen LogP contribution < -0.4 is 20.5 Å². The van der Waals surface area contributed by atoms with Gasteiger partial charge in [0.2, 0.25) is 12.7 Å². The predicted molar refractivity (Wildman–Crippen MR) is 94.4 cm³/mol. The summed E-state index contributed by atoms with van der Waals surface area (Å²) in [5, 5.41) is 2.42. The summed E-state index contributed by atoms with van der Waals surface area (Å²) in [5.41, 5.74) is 5.58. The van der Waals surface area contributed by atoms with Crippen molar-refractivity contribution >= 4 is 23.7 Å². The number of nitrogens with one attached hydrogen (secondary N) is 1. The van der Waals surface area contributed by atoms with Gasteiger partial charge in [-0.15, -0.1) is 0 Å². The van der Waals surface area contributed by atoms with Crippen molar-refractivity contribution in [1.29, 1.82) is 0 Å². The third-order valence-electron chi connectivity index (χ3n) is 4.56. The van der Waals surface area contributed by atoms with Gasteiger partial charge in [-0.2, -0.15) is 0 Å². The van der Waals surface area contributed by atoms with Crippen molar-refractivity contribution in [2.45, 2.75) is 12.8 Å². The Morgan fingerprint density at radius 2 is 2.00 bits per heavy atom. The van der Waals surface area contributed by atoms with Crippen LogP contribution in [-0.2, 0) is 19.1 Å². The van der Waals surface area contributed by atoms with Gasteiger partial charge in [-0.25, -0.2) is 0 Å². The molecule has 0 unspecified atom stereocenters. The molecule has 3 N–H and O–H groups in total. The molecule has 1 aromatic carbocycles. The zero-order valence-electron chi connectivity index (χ0n) is 15.1. The van der Waals surface area contributed by atoms with Crippen molar-refractivity contribution in [3.63, 3.8) is 0 Å². The van der Waals surface area contributed by atoms with E-state index in [2.05, 4.69) is 5.32 Å². The summed E-state index contributed by atoms with van der Waals surface area (Å²) in [5.74, 6) is -1.45. The molecule has 1 aromatic rings. The molecule has 0 spiro atoms. The minimum atomic E-state index is -0.745. The van der Waals surface area contributed by atoms with Crippen LogP contribution in [0.25, 0.3) is 0 Å². The fourth-order valence-electron chi connectivity index (χ4n) is 3.01. The maximum atomic E-state index is 12.1. The summed E-state index contributed by atoms with van der Waals surface area (Å²) < 4.78 is 15.3. The molecule has 0 aliphatic carbocycles. The predicted octanol–water partition coefficient (Wildman–Crippen LogP) is -0.588. The molecule has 0 saturated carbocycles. The number of piperidine rings is 1. The van der Waals surface area contributed by atoms with Crippen LogP contribution in [-0.4, -0.2) is 61.6 Å². The first-order valence-corrected chi connectivity index (χ1v) is 8.84. The molecule has 2 heterocycles. The quantitative estimate of drug-likeness (QED) is 0.619. The van der Waals surface area contributed by atoms with E-state index in [0.29, 0.717) is 36.4 Å². The van der Waals surface area contributed by atoms with Gasteiger partial charge in [0.1, 0.15) is 6.54 Å². The summed E-state index contributed by atoms with van der Waals surface area (Å²) in [7, 11) is 0. The lowest BCUT2D eigenvalue weighted by Gasteiger charge is -2.31. The summed E-state index contributed by atoms with van der Waals surface area (Å²) >= 11 is 0. The smallest absolute Gasteiger partial charge is 0.325 e. The molecule has 1 saturated heterocycles. The van der Waals surface area contributed by atoms with Crippen molar-refractivity contribution in [2.75, 3.05) is 33.0 Å². The third-order valence-corrected chi connectivity index (χ3v) is 4.56. The topological polar surface area (TPSA) is 137 Å². The number of benzene rings is 1. The Kier molecular flexibility index (Phi) is 5.97. The number of esters is 1. The van der Waals surface area contributed by atoms with Crippen LogP contribution in [0.4, 0.5) is 0 Å². The van der Waals surface area contributed by atoms with Gasteiger partial charge in [-0.05, 0) is 31.0 Å². The number of carbonyl (C=O) groups excluding carboxylic acids is 4. The number of nitrogens with zero attached hydrogens (tertiary/aromatic N) is 1. The molecule has 0 aromatic heterocycles. The number of hydrogen-bond donors (Lipinski definition) is 2. The first kappa shape index (κ1) is 19.5. The van der Waals surface area contributed by atoms with E-state index in [1.54, 1.807) is 12.1 Å². The van der Waals surface area contributed by atoms with Crippen molar-refractivity contribution in [2.24, 2.45) is 11.7 Å². The number of hydrogen-bond acceptors (Lipinski definition) is 7. The lowest BCUT2D eigenvalue weighted by atomic mass is 9.97. The molecular weight excluding hydrogens is 370 g/mol. The Labute approximate surface area is 160 Å². The first-order chi connectivity index (χ1) is 13.4. The molecule has 2 aliphatic rings. The normalized spacial score (nSPS) is 17.7. The second kappa shape index (κ2) is 8.59. The molecule has 3 rings (SSSR count). The fraction of sp³-hybridized carbons (Fsp3) is 0.444. The van der Waals surface area contributed by atoms with Gasteiger partial charge >= 0.3 is 5.97 Å². The number of nitrogens with two attached hydrogens (primary N) is 1.